The lowest BCUT2D eigenvalue weighted by molar-refractivity contribution is 0.155. The van der Waals surface area contributed by atoms with Gasteiger partial charge in [-0.3, -0.25) is 9.99 Å². The molecule has 0 spiro atoms. The first-order valence-corrected chi connectivity index (χ1v) is 7.62. The van der Waals surface area contributed by atoms with Gasteiger partial charge in [-0.05, 0) is 43.4 Å². The van der Waals surface area contributed by atoms with E-state index in [9.17, 15) is 0 Å². The molecule has 1 fully saturated rings. The Morgan fingerprint density at radius 2 is 2.00 bits per heavy atom. The molecule has 0 aliphatic carbocycles. The van der Waals surface area contributed by atoms with Crippen molar-refractivity contribution in [2.24, 2.45) is 5.10 Å². The minimum atomic E-state index is 0.353. The predicted octanol–water partition coefficient (Wildman–Crippen LogP) is 4.03. The van der Waals surface area contributed by atoms with Crippen molar-refractivity contribution in [1.82, 2.24) is 9.99 Å². The molecule has 3 rings (SSSR count). The fourth-order valence-electron chi connectivity index (χ4n) is 2.88. The topological polar surface area (TPSA) is 28.5 Å². The molecule has 2 aromatic rings. The molecule has 1 aliphatic rings. The van der Waals surface area contributed by atoms with Crippen LogP contribution in [0.1, 0.15) is 43.4 Å². The summed E-state index contributed by atoms with van der Waals surface area (Å²) < 4.78 is 0. The van der Waals surface area contributed by atoms with Crippen molar-refractivity contribution in [1.29, 1.82) is 0 Å². The van der Waals surface area contributed by atoms with Crippen LogP contribution in [0.5, 0.6) is 0 Å². The molecule has 108 valence electrons. The minimum Gasteiger partial charge on any atom is -0.289 e. The van der Waals surface area contributed by atoms with Crippen molar-refractivity contribution in [3.8, 4) is 0 Å². The van der Waals surface area contributed by atoms with Crippen molar-refractivity contribution in [2.45, 2.75) is 32.2 Å². The first kappa shape index (κ1) is 13.8. The molecule has 1 saturated heterocycles. The Balaban J connectivity index is 1.85. The summed E-state index contributed by atoms with van der Waals surface area (Å²) in [6.45, 7) is 3.11. The summed E-state index contributed by atoms with van der Waals surface area (Å²) in [6, 6.07) is 14.9. The normalized spacial score (nSPS) is 19.6. The highest BCUT2D eigenvalue weighted by Gasteiger charge is 2.23. The highest BCUT2D eigenvalue weighted by atomic mass is 15.5. The molecule has 1 unspecified atom stereocenters. The van der Waals surface area contributed by atoms with Gasteiger partial charge in [0.05, 0.1) is 11.8 Å². The summed E-state index contributed by atoms with van der Waals surface area (Å²) in [5.74, 6) is 0. The molecule has 0 bridgehead atoms. The van der Waals surface area contributed by atoms with Gasteiger partial charge in [-0.25, -0.2) is 0 Å². The van der Waals surface area contributed by atoms with E-state index < -0.39 is 0 Å². The molecule has 0 radical (unpaired) electrons. The summed E-state index contributed by atoms with van der Waals surface area (Å²) in [4.78, 5) is 4.26. The van der Waals surface area contributed by atoms with Crippen molar-refractivity contribution in [2.75, 3.05) is 6.54 Å². The molecular weight excluding hydrogens is 258 g/mol. The Kier molecular flexibility index (Phi) is 4.29. The third-order valence-corrected chi connectivity index (χ3v) is 4.01. The van der Waals surface area contributed by atoms with Crippen molar-refractivity contribution in [3.63, 3.8) is 0 Å². The van der Waals surface area contributed by atoms with Gasteiger partial charge in [0.1, 0.15) is 0 Å². The summed E-state index contributed by atoms with van der Waals surface area (Å²) in [6.07, 6.45) is 7.42. The van der Waals surface area contributed by atoms with Crippen LogP contribution in [0.3, 0.4) is 0 Å². The van der Waals surface area contributed by atoms with Crippen LogP contribution in [-0.2, 0) is 0 Å². The number of benzene rings is 1. The van der Waals surface area contributed by atoms with Gasteiger partial charge in [-0.1, -0.05) is 36.4 Å². The molecule has 0 saturated carbocycles. The van der Waals surface area contributed by atoms with Crippen LogP contribution in [0.15, 0.2) is 60.0 Å². The fraction of sp³-hybridized carbons (Fsp3) is 0.333. The standard InChI is InChI=1S/C18H21N3/c1-15(16-8-3-2-4-9-16)20-21-13-6-5-11-18(21)17-10-7-12-19-14-17/h2-4,7-10,12,14,18H,5-6,11,13H2,1H3/b20-15-. The molecular formula is C18H21N3. The van der Waals surface area contributed by atoms with Gasteiger partial charge in [0.15, 0.2) is 0 Å². The van der Waals surface area contributed by atoms with E-state index >= 15 is 0 Å². The largest absolute Gasteiger partial charge is 0.289 e. The number of piperidine rings is 1. The first-order chi connectivity index (χ1) is 10.3. The first-order valence-electron chi connectivity index (χ1n) is 7.62. The molecule has 2 heterocycles. The maximum absolute atomic E-state index is 4.89. The highest BCUT2D eigenvalue weighted by molar-refractivity contribution is 5.98. The summed E-state index contributed by atoms with van der Waals surface area (Å²) >= 11 is 0. The van der Waals surface area contributed by atoms with Gasteiger partial charge < -0.3 is 0 Å². The number of hydrogen-bond donors (Lipinski definition) is 0. The predicted molar refractivity (Wildman–Crippen MR) is 86.2 cm³/mol. The van der Waals surface area contributed by atoms with Crippen LogP contribution >= 0.6 is 0 Å². The Hall–Kier alpha value is -2.16. The number of nitrogens with zero attached hydrogens (tertiary/aromatic N) is 3. The highest BCUT2D eigenvalue weighted by Crippen LogP contribution is 2.30. The van der Waals surface area contributed by atoms with Gasteiger partial charge >= 0.3 is 0 Å². The zero-order valence-corrected chi connectivity index (χ0v) is 12.4. The maximum atomic E-state index is 4.89. The molecule has 1 aromatic heterocycles. The number of hydrogen-bond acceptors (Lipinski definition) is 3. The zero-order valence-electron chi connectivity index (χ0n) is 12.4. The van der Waals surface area contributed by atoms with E-state index in [1.54, 1.807) is 0 Å². The number of hydrazone groups is 1. The van der Waals surface area contributed by atoms with Crippen LogP contribution in [0, 0.1) is 0 Å². The third-order valence-electron chi connectivity index (χ3n) is 4.01. The van der Waals surface area contributed by atoms with Crippen LogP contribution in [-0.4, -0.2) is 22.2 Å². The average molecular weight is 279 g/mol. The average Bonchev–Trinajstić information content (AvgIpc) is 2.57. The van der Waals surface area contributed by atoms with Gasteiger partial charge in [-0.15, -0.1) is 0 Å². The molecule has 3 nitrogen and oxygen atoms in total. The third kappa shape index (κ3) is 3.30. The SMILES string of the molecule is C/C(=N/N1CCCCC1c1cccnc1)c1ccccc1. The lowest BCUT2D eigenvalue weighted by Gasteiger charge is -2.34. The van der Waals surface area contributed by atoms with Crippen LogP contribution in [0.25, 0.3) is 0 Å². The Bertz CT molecular complexity index is 592. The molecule has 1 aliphatic heterocycles. The lowest BCUT2D eigenvalue weighted by atomic mass is 9.98. The summed E-state index contributed by atoms with van der Waals surface area (Å²) in [5, 5.41) is 7.13. The van der Waals surface area contributed by atoms with Crippen molar-refractivity contribution < 1.29 is 0 Å². The molecule has 0 N–H and O–H groups in total. The Labute approximate surface area is 126 Å². The van der Waals surface area contributed by atoms with Crippen LogP contribution in [0.2, 0.25) is 0 Å². The van der Waals surface area contributed by atoms with Gasteiger partial charge in [0.25, 0.3) is 0 Å². The van der Waals surface area contributed by atoms with E-state index in [2.05, 4.69) is 47.2 Å². The Morgan fingerprint density at radius 3 is 2.76 bits per heavy atom. The maximum Gasteiger partial charge on any atom is 0.0734 e. The molecule has 3 heteroatoms. The van der Waals surface area contributed by atoms with Crippen LogP contribution in [0.4, 0.5) is 0 Å². The number of rotatable bonds is 3. The molecule has 0 amide bonds. The van der Waals surface area contributed by atoms with E-state index in [1.807, 2.05) is 24.5 Å². The second-order valence-corrected chi connectivity index (χ2v) is 5.51. The van der Waals surface area contributed by atoms with E-state index in [-0.39, 0.29) is 0 Å². The van der Waals surface area contributed by atoms with Crippen molar-refractivity contribution in [3.05, 3.63) is 66.0 Å². The van der Waals surface area contributed by atoms with E-state index in [0.29, 0.717) is 6.04 Å². The van der Waals surface area contributed by atoms with E-state index in [0.717, 1.165) is 18.7 Å². The molecule has 21 heavy (non-hydrogen) atoms. The fourth-order valence-corrected chi connectivity index (χ4v) is 2.88. The smallest absolute Gasteiger partial charge is 0.0734 e. The van der Waals surface area contributed by atoms with E-state index in [4.69, 9.17) is 5.10 Å². The minimum absolute atomic E-state index is 0.353. The zero-order chi connectivity index (χ0) is 14.5. The summed E-state index contributed by atoms with van der Waals surface area (Å²) in [5.41, 5.74) is 3.53. The van der Waals surface area contributed by atoms with Crippen molar-refractivity contribution >= 4 is 5.71 Å². The second-order valence-electron chi connectivity index (χ2n) is 5.51. The van der Waals surface area contributed by atoms with E-state index in [1.165, 1.54) is 24.0 Å². The summed E-state index contributed by atoms with van der Waals surface area (Å²) in [7, 11) is 0. The number of pyridine rings is 1. The quantitative estimate of drug-likeness (QED) is 0.793. The van der Waals surface area contributed by atoms with Gasteiger partial charge in [-0.2, -0.15) is 5.10 Å². The Morgan fingerprint density at radius 1 is 1.14 bits per heavy atom. The lowest BCUT2D eigenvalue weighted by Crippen LogP contribution is -2.30. The molecule has 1 atom stereocenters. The number of aromatic nitrogens is 1. The van der Waals surface area contributed by atoms with Gasteiger partial charge in [0, 0.05) is 18.9 Å². The second kappa shape index (κ2) is 6.53. The van der Waals surface area contributed by atoms with Crippen LogP contribution < -0.4 is 0 Å². The molecule has 1 aromatic carbocycles. The van der Waals surface area contributed by atoms with Gasteiger partial charge in [0.2, 0.25) is 0 Å². The monoisotopic (exact) mass is 279 g/mol.